The maximum atomic E-state index is 12.2. The Hall–Kier alpha value is -3.42. The fourth-order valence-corrected chi connectivity index (χ4v) is 2.04. The van der Waals surface area contributed by atoms with Crippen LogP contribution in [0.25, 0.3) is 0 Å². The van der Waals surface area contributed by atoms with Crippen molar-refractivity contribution in [3.05, 3.63) is 48.2 Å². The molecule has 0 aliphatic rings. The fraction of sp³-hybridized carbons (Fsp3) is 0.222. The van der Waals surface area contributed by atoms with Crippen LogP contribution in [0.1, 0.15) is 23.7 Å². The molecule has 0 radical (unpaired) electrons. The first-order valence-electron chi connectivity index (χ1n) is 7.79. The summed E-state index contributed by atoms with van der Waals surface area (Å²) in [6.07, 6.45) is 1.61. The van der Waals surface area contributed by atoms with Crippen molar-refractivity contribution in [2.24, 2.45) is 5.10 Å². The predicted molar refractivity (Wildman–Crippen MR) is 97.6 cm³/mol. The van der Waals surface area contributed by atoms with Crippen molar-refractivity contribution in [1.82, 2.24) is 10.4 Å². The Kier molecular flexibility index (Phi) is 6.67. The number of nitrogens with one attached hydrogen (secondary N) is 2. The Morgan fingerprint density at radius 2 is 1.81 bits per heavy atom. The van der Waals surface area contributed by atoms with Crippen LogP contribution in [0.2, 0.25) is 0 Å². The van der Waals surface area contributed by atoms with Crippen LogP contribution >= 0.6 is 0 Å². The molecular weight excluding hydrogens is 336 g/mol. The summed E-state index contributed by atoms with van der Waals surface area (Å²) in [4.78, 5) is 28.2. The first-order chi connectivity index (χ1) is 12.5. The minimum atomic E-state index is -0.438. The van der Waals surface area contributed by atoms with Gasteiger partial charge in [-0.2, -0.15) is 5.10 Å². The maximum Gasteiger partial charge on any atom is 0.271 e. The van der Waals surface area contributed by atoms with E-state index in [9.17, 15) is 9.59 Å². The van der Waals surface area contributed by atoms with Gasteiger partial charge in [0.1, 0.15) is 17.3 Å². The van der Waals surface area contributed by atoms with Crippen molar-refractivity contribution in [1.29, 1.82) is 0 Å². The number of amides is 2. The Balaban J connectivity index is 1.95. The normalized spacial score (nSPS) is 10.8. The average molecular weight is 356 g/mol. The maximum absolute atomic E-state index is 12.2. The van der Waals surface area contributed by atoms with E-state index in [0.29, 0.717) is 28.6 Å². The van der Waals surface area contributed by atoms with Crippen LogP contribution in [-0.4, -0.2) is 36.7 Å². The number of ether oxygens (including phenoxy) is 2. The Bertz CT molecular complexity index is 784. The Morgan fingerprint density at radius 3 is 2.38 bits per heavy atom. The van der Waals surface area contributed by atoms with Gasteiger partial charge in [-0.05, 0) is 31.2 Å². The highest BCUT2D eigenvalue weighted by molar-refractivity contribution is 6.05. The number of rotatable bonds is 7. The van der Waals surface area contributed by atoms with E-state index in [1.165, 1.54) is 14.2 Å². The standard InChI is InChI=1S/C18H20N4O4/c1-12(8-17(23)20-16-6-4-5-7-19-16)21-22-18(24)13-9-14(25-2)11-15(10-13)26-3/h4-7,9-11H,8H2,1-3H3,(H,22,24)(H,19,20,23)/b21-12+. The van der Waals surface area contributed by atoms with E-state index in [1.807, 2.05) is 0 Å². The van der Waals surface area contributed by atoms with Gasteiger partial charge in [0.15, 0.2) is 0 Å². The largest absolute Gasteiger partial charge is 0.497 e. The first kappa shape index (κ1) is 18.9. The molecule has 0 spiro atoms. The van der Waals surface area contributed by atoms with Gasteiger partial charge < -0.3 is 14.8 Å². The van der Waals surface area contributed by atoms with E-state index < -0.39 is 5.91 Å². The number of methoxy groups -OCH3 is 2. The van der Waals surface area contributed by atoms with Gasteiger partial charge in [-0.1, -0.05) is 6.07 Å². The molecule has 0 fully saturated rings. The van der Waals surface area contributed by atoms with Crippen LogP contribution < -0.4 is 20.2 Å². The van der Waals surface area contributed by atoms with E-state index in [-0.39, 0.29) is 12.3 Å². The van der Waals surface area contributed by atoms with E-state index in [4.69, 9.17) is 9.47 Å². The minimum absolute atomic E-state index is 0.0261. The van der Waals surface area contributed by atoms with Gasteiger partial charge in [0.2, 0.25) is 5.91 Å². The lowest BCUT2D eigenvalue weighted by atomic mass is 10.2. The zero-order valence-corrected chi connectivity index (χ0v) is 14.8. The van der Waals surface area contributed by atoms with E-state index in [1.54, 1.807) is 49.5 Å². The summed E-state index contributed by atoms with van der Waals surface area (Å²) < 4.78 is 10.3. The highest BCUT2D eigenvalue weighted by Crippen LogP contribution is 2.22. The molecule has 1 aromatic carbocycles. The van der Waals surface area contributed by atoms with Gasteiger partial charge >= 0.3 is 0 Å². The third-order valence-electron chi connectivity index (χ3n) is 3.31. The number of carbonyl (C=O) groups is 2. The third-order valence-corrected chi connectivity index (χ3v) is 3.31. The SMILES string of the molecule is COc1cc(OC)cc(C(=O)N/N=C(\C)CC(=O)Nc2ccccn2)c1. The van der Waals surface area contributed by atoms with Crippen molar-refractivity contribution in [3.63, 3.8) is 0 Å². The molecule has 8 nitrogen and oxygen atoms in total. The topological polar surface area (TPSA) is 102 Å². The smallest absolute Gasteiger partial charge is 0.271 e. The molecule has 0 saturated heterocycles. The summed E-state index contributed by atoms with van der Waals surface area (Å²) in [6.45, 7) is 1.64. The molecular formula is C18H20N4O4. The molecule has 1 heterocycles. The summed E-state index contributed by atoms with van der Waals surface area (Å²) in [5.41, 5.74) is 3.19. The lowest BCUT2D eigenvalue weighted by molar-refractivity contribution is -0.115. The molecule has 2 rings (SSSR count). The molecule has 0 atom stereocenters. The van der Waals surface area contributed by atoms with Crippen molar-refractivity contribution in [2.75, 3.05) is 19.5 Å². The van der Waals surface area contributed by atoms with E-state index in [2.05, 4.69) is 20.8 Å². The molecule has 0 bridgehead atoms. The molecule has 0 aliphatic heterocycles. The van der Waals surface area contributed by atoms with Gasteiger partial charge in [-0.25, -0.2) is 10.4 Å². The Labute approximate surface area is 151 Å². The minimum Gasteiger partial charge on any atom is -0.497 e. The molecule has 2 N–H and O–H groups in total. The quantitative estimate of drug-likeness (QED) is 0.585. The number of nitrogens with zero attached hydrogens (tertiary/aromatic N) is 2. The van der Waals surface area contributed by atoms with Gasteiger partial charge in [0, 0.05) is 23.5 Å². The number of carbonyl (C=O) groups excluding carboxylic acids is 2. The molecule has 1 aromatic heterocycles. The summed E-state index contributed by atoms with van der Waals surface area (Å²) >= 11 is 0. The van der Waals surface area contributed by atoms with Gasteiger partial charge in [-0.15, -0.1) is 0 Å². The molecule has 136 valence electrons. The molecule has 0 unspecified atom stereocenters. The van der Waals surface area contributed by atoms with Crippen LogP contribution in [-0.2, 0) is 4.79 Å². The second kappa shape index (κ2) is 9.16. The third kappa shape index (κ3) is 5.59. The first-order valence-corrected chi connectivity index (χ1v) is 7.79. The summed E-state index contributed by atoms with van der Waals surface area (Å²) in [5, 5.41) is 6.59. The lowest BCUT2D eigenvalue weighted by Gasteiger charge is -2.08. The molecule has 2 aromatic rings. The van der Waals surface area contributed by atoms with Crippen LogP contribution in [0.15, 0.2) is 47.7 Å². The second-order valence-electron chi connectivity index (χ2n) is 5.33. The monoisotopic (exact) mass is 356 g/mol. The molecule has 2 amide bonds. The number of benzene rings is 1. The lowest BCUT2D eigenvalue weighted by Crippen LogP contribution is -2.21. The number of hydrogen-bond donors (Lipinski definition) is 2. The van der Waals surface area contributed by atoms with Crippen molar-refractivity contribution < 1.29 is 19.1 Å². The van der Waals surface area contributed by atoms with Crippen molar-refractivity contribution >= 4 is 23.3 Å². The molecule has 26 heavy (non-hydrogen) atoms. The van der Waals surface area contributed by atoms with Gasteiger partial charge in [0.05, 0.1) is 20.6 Å². The fourth-order valence-electron chi connectivity index (χ4n) is 2.04. The molecule has 0 aliphatic carbocycles. The van der Waals surface area contributed by atoms with E-state index in [0.717, 1.165) is 0 Å². The Morgan fingerprint density at radius 1 is 1.12 bits per heavy atom. The van der Waals surface area contributed by atoms with Gasteiger partial charge in [0.25, 0.3) is 5.91 Å². The number of hydrogen-bond acceptors (Lipinski definition) is 6. The molecule has 8 heteroatoms. The highest BCUT2D eigenvalue weighted by Gasteiger charge is 2.10. The number of hydrazone groups is 1. The average Bonchev–Trinajstić information content (AvgIpc) is 2.66. The van der Waals surface area contributed by atoms with Crippen LogP contribution in [0.3, 0.4) is 0 Å². The van der Waals surface area contributed by atoms with Crippen LogP contribution in [0, 0.1) is 0 Å². The molecule has 0 saturated carbocycles. The number of aromatic nitrogens is 1. The summed E-state index contributed by atoms with van der Waals surface area (Å²) in [6, 6.07) is 10.0. The van der Waals surface area contributed by atoms with E-state index >= 15 is 0 Å². The number of anilines is 1. The second-order valence-corrected chi connectivity index (χ2v) is 5.33. The van der Waals surface area contributed by atoms with Crippen LogP contribution in [0.5, 0.6) is 11.5 Å². The zero-order chi connectivity index (χ0) is 18.9. The van der Waals surface area contributed by atoms with Crippen LogP contribution in [0.4, 0.5) is 5.82 Å². The summed E-state index contributed by atoms with van der Waals surface area (Å²) in [7, 11) is 3.00. The van der Waals surface area contributed by atoms with Crippen molar-refractivity contribution in [2.45, 2.75) is 13.3 Å². The van der Waals surface area contributed by atoms with Crippen molar-refractivity contribution in [3.8, 4) is 11.5 Å². The summed E-state index contributed by atoms with van der Waals surface area (Å²) in [5.74, 6) is 0.724. The highest BCUT2D eigenvalue weighted by atomic mass is 16.5. The number of pyridine rings is 1. The zero-order valence-electron chi connectivity index (χ0n) is 14.8. The predicted octanol–water partition coefficient (Wildman–Crippen LogP) is 2.23. The van der Waals surface area contributed by atoms with Gasteiger partial charge in [-0.3, -0.25) is 9.59 Å².